The van der Waals surface area contributed by atoms with Crippen molar-refractivity contribution in [3.63, 3.8) is 0 Å². The van der Waals surface area contributed by atoms with Gasteiger partial charge >= 0.3 is 5.97 Å². The summed E-state index contributed by atoms with van der Waals surface area (Å²) in [5.41, 5.74) is 1.13. The van der Waals surface area contributed by atoms with Crippen LogP contribution in [0.25, 0.3) is 10.8 Å². The third-order valence-corrected chi connectivity index (χ3v) is 4.03. The first kappa shape index (κ1) is 16.3. The molecule has 2 heteroatoms. The number of allylic oxidation sites excluding steroid dienone is 1. The number of rotatable bonds is 7. The maximum absolute atomic E-state index is 12.3. The molecule has 0 fully saturated rings. The number of benzene rings is 2. The molecule has 0 heterocycles. The summed E-state index contributed by atoms with van der Waals surface area (Å²) in [5.74, 6) is -0.297. The Morgan fingerprint density at radius 1 is 1.18 bits per heavy atom. The molecule has 0 aliphatic rings. The molecule has 0 radical (unpaired) electrons. The predicted molar refractivity (Wildman–Crippen MR) is 91.9 cm³/mol. The number of carbonyl (C=O) groups is 1. The minimum absolute atomic E-state index is 0.0105. The van der Waals surface area contributed by atoms with E-state index in [1.165, 1.54) is 10.8 Å². The van der Waals surface area contributed by atoms with Gasteiger partial charge in [0.25, 0.3) is 0 Å². The third-order valence-electron chi connectivity index (χ3n) is 4.03. The number of ether oxygens (including phenoxy) is 1. The Morgan fingerprint density at radius 3 is 2.55 bits per heavy atom. The molecule has 2 nitrogen and oxygen atoms in total. The molecule has 2 atom stereocenters. The van der Waals surface area contributed by atoms with E-state index in [9.17, 15) is 4.79 Å². The van der Waals surface area contributed by atoms with Gasteiger partial charge < -0.3 is 4.74 Å². The van der Waals surface area contributed by atoms with Crippen LogP contribution in [0.5, 0.6) is 0 Å². The molecule has 22 heavy (non-hydrogen) atoms. The van der Waals surface area contributed by atoms with Crippen LogP contribution >= 0.6 is 0 Å². The van der Waals surface area contributed by atoms with Crippen molar-refractivity contribution in [1.29, 1.82) is 0 Å². The zero-order valence-electron chi connectivity index (χ0n) is 13.4. The molecule has 0 saturated heterocycles. The van der Waals surface area contributed by atoms with E-state index >= 15 is 0 Å². The highest BCUT2D eigenvalue weighted by Crippen LogP contribution is 2.32. The first-order valence-electron chi connectivity index (χ1n) is 7.99. The number of carbonyl (C=O) groups excluding carboxylic acids is 1. The maximum atomic E-state index is 12.3. The minimum atomic E-state index is -0.163. The van der Waals surface area contributed by atoms with E-state index in [2.05, 4.69) is 43.8 Å². The summed E-state index contributed by atoms with van der Waals surface area (Å²) in [6.07, 6.45) is 3.63. The Hall–Kier alpha value is -2.09. The first-order chi connectivity index (χ1) is 10.7. The molecular formula is C20H24O2. The molecule has 0 aliphatic carbocycles. The van der Waals surface area contributed by atoms with E-state index in [0.29, 0.717) is 6.61 Å². The molecule has 0 aromatic heterocycles. The van der Waals surface area contributed by atoms with Crippen molar-refractivity contribution in [3.8, 4) is 0 Å². The van der Waals surface area contributed by atoms with Crippen molar-refractivity contribution >= 4 is 16.7 Å². The second kappa shape index (κ2) is 7.79. The van der Waals surface area contributed by atoms with Crippen LogP contribution in [-0.2, 0) is 9.53 Å². The van der Waals surface area contributed by atoms with Gasteiger partial charge in [0.05, 0.1) is 12.5 Å². The molecule has 0 bridgehead atoms. The van der Waals surface area contributed by atoms with Crippen LogP contribution in [-0.4, -0.2) is 12.6 Å². The number of fused-ring (bicyclic) bond motifs is 1. The Labute approximate surface area is 132 Å². The lowest BCUT2D eigenvalue weighted by Gasteiger charge is -2.23. The molecule has 2 rings (SSSR count). The topological polar surface area (TPSA) is 26.3 Å². The van der Waals surface area contributed by atoms with Crippen molar-refractivity contribution in [2.24, 2.45) is 5.92 Å². The lowest BCUT2D eigenvalue weighted by molar-refractivity contribution is -0.148. The lowest BCUT2D eigenvalue weighted by atomic mass is 9.82. The number of hydrogen-bond acceptors (Lipinski definition) is 2. The summed E-state index contributed by atoms with van der Waals surface area (Å²) in [4.78, 5) is 12.3. The highest BCUT2D eigenvalue weighted by molar-refractivity contribution is 5.83. The van der Waals surface area contributed by atoms with Gasteiger partial charge in [0, 0.05) is 5.92 Å². The highest BCUT2D eigenvalue weighted by Gasteiger charge is 2.28. The summed E-state index contributed by atoms with van der Waals surface area (Å²) in [7, 11) is 0. The van der Waals surface area contributed by atoms with Crippen LogP contribution in [0.2, 0.25) is 0 Å². The molecular weight excluding hydrogens is 272 g/mol. The quantitative estimate of drug-likeness (QED) is 0.525. The fraction of sp³-hybridized carbons (Fsp3) is 0.350. The van der Waals surface area contributed by atoms with E-state index in [1.54, 1.807) is 0 Å². The fourth-order valence-corrected chi connectivity index (χ4v) is 2.95. The monoisotopic (exact) mass is 296 g/mol. The van der Waals surface area contributed by atoms with Crippen molar-refractivity contribution < 1.29 is 9.53 Å². The average molecular weight is 296 g/mol. The molecule has 0 N–H and O–H groups in total. The number of esters is 1. The van der Waals surface area contributed by atoms with Gasteiger partial charge in [0.2, 0.25) is 0 Å². The van der Waals surface area contributed by atoms with Crippen LogP contribution in [0.3, 0.4) is 0 Å². The van der Waals surface area contributed by atoms with E-state index < -0.39 is 0 Å². The highest BCUT2D eigenvalue weighted by atomic mass is 16.5. The molecule has 116 valence electrons. The third kappa shape index (κ3) is 3.56. The predicted octanol–water partition coefficient (Wildman–Crippen LogP) is 5.09. The smallest absolute Gasteiger partial charge is 0.309 e. The van der Waals surface area contributed by atoms with Gasteiger partial charge in [-0.05, 0) is 29.7 Å². The Bertz CT molecular complexity index is 645. The summed E-state index contributed by atoms with van der Waals surface area (Å²) < 4.78 is 5.26. The van der Waals surface area contributed by atoms with E-state index in [-0.39, 0.29) is 17.8 Å². The summed E-state index contributed by atoms with van der Waals surface area (Å²) in [6, 6.07) is 14.6. The Kier molecular flexibility index (Phi) is 5.76. The van der Waals surface area contributed by atoms with Crippen molar-refractivity contribution in [3.05, 3.63) is 60.7 Å². The largest absolute Gasteiger partial charge is 0.466 e. The molecule has 2 unspecified atom stereocenters. The standard InChI is InChI=1S/C20H24O2/c1-4-9-19(20(21)22-6-3)18(5-2)17-13-12-15-10-7-8-11-16(15)14-17/h5,7-8,10-14,18-19H,2,4,6,9H2,1,3H3. The van der Waals surface area contributed by atoms with E-state index in [1.807, 2.05) is 25.1 Å². The van der Waals surface area contributed by atoms with E-state index in [4.69, 9.17) is 4.74 Å². The molecule has 2 aromatic rings. The van der Waals surface area contributed by atoms with Gasteiger partial charge in [0.1, 0.15) is 0 Å². The van der Waals surface area contributed by atoms with Gasteiger partial charge in [-0.2, -0.15) is 0 Å². The first-order valence-corrected chi connectivity index (χ1v) is 7.99. The zero-order valence-corrected chi connectivity index (χ0v) is 13.4. The Balaban J connectivity index is 2.37. The van der Waals surface area contributed by atoms with Crippen LogP contribution in [0, 0.1) is 5.92 Å². The van der Waals surface area contributed by atoms with Crippen LogP contribution < -0.4 is 0 Å². The molecule has 2 aromatic carbocycles. The van der Waals surface area contributed by atoms with Crippen LogP contribution in [0.1, 0.15) is 38.2 Å². The fourth-order valence-electron chi connectivity index (χ4n) is 2.95. The van der Waals surface area contributed by atoms with Gasteiger partial charge in [-0.15, -0.1) is 6.58 Å². The van der Waals surface area contributed by atoms with Crippen LogP contribution in [0.4, 0.5) is 0 Å². The summed E-state index contributed by atoms with van der Waals surface area (Å²) >= 11 is 0. The lowest BCUT2D eigenvalue weighted by Crippen LogP contribution is -2.23. The van der Waals surface area contributed by atoms with Gasteiger partial charge in [-0.1, -0.05) is 61.9 Å². The molecule has 0 aliphatic heterocycles. The van der Waals surface area contributed by atoms with Crippen molar-refractivity contribution in [2.45, 2.75) is 32.6 Å². The number of hydrogen-bond donors (Lipinski definition) is 0. The second-order valence-electron chi connectivity index (χ2n) is 5.52. The normalized spacial score (nSPS) is 13.5. The summed E-state index contributed by atoms with van der Waals surface area (Å²) in [6.45, 7) is 8.31. The van der Waals surface area contributed by atoms with Crippen molar-refractivity contribution in [1.82, 2.24) is 0 Å². The van der Waals surface area contributed by atoms with E-state index in [0.717, 1.165) is 18.4 Å². The Morgan fingerprint density at radius 2 is 1.91 bits per heavy atom. The maximum Gasteiger partial charge on any atom is 0.309 e. The zero-order chi connectivity index (χ0) is 15.9. The van der Waals surface area contributed by atoms with Crippen LogP contribution in [0.15, 0.2) is 55.1 Å². The molecule has 0 saturated carbocycles. The average Bonchev–Trinajstić information content (AvgIpc) is 2.55. The van der Waals surface area contributed by atoms with Gasteiger partial charge in [-0.25, -0.2) is 0 Å². The molecule has 0 spiro atoms. The molecule has 0 amide bonds. The second-order valence-corrected chi connectivity index (χ2v) is 5.52. The van der Waals surface area contributed by atoms with Gasteiger partial charge in [0.15, 0.2) is 0 Å². The van der Waals surface area contributed by atoms with Gasteiger partial charge in [-0.3, -0.25) is 4.79 Å². The minimum Gasteiger partial charge on any atom is -0.466 e. The van der Waals surface area contributed by atoms with Crippen molar-refractivity contribution in [2.75, 3.05) is 6.61 Å². The summed E-state index contributed by atoms with van der Waals surface area (Å²) in [5, 5.41) is 2.39. The SMILES string of the molecule is C=CC(c1ccc2ccccc2c1)C(CCC)C(=O)OCC.